The van der Waals surface area contributed by atoms with Gasteiger partial charge in [0.15, 0.2) is 0 Å². The molecule has 0 spiro atoms. The van der Waals surface area contributed by atoms with Crippen molar-refractivity contribution < 1.29 is 5.11 Å². The molecule has 0 fully saturated rings. The van der Waals surface area contributed by atoms with Gasteiger partial charge in [0.1, 0.15) is 6.10 Å². The normalized spacial score (nSPS) is 12.5. The second-order valence-electron chi connectivity index (χ2n) is 4.67. The number of benzene rings is 2. The largest absolute Gasteiger partial charge is 0.384 e. The van der Waals surface area contributed by atoms with Gasteiger partial charge in [-0.1, -0.05) is 53.6 Å². The molecule has 0 aromatic heterocycles. The van der Waals surface area contributed by atoms with Crippen molar-refractivity contribution in [3.8, 4) is 0 Å². The fourth-order valence-corrected chi connectivity index (χ4v) is 2.06. The van der Waals surface area contributed by atoms with E-state index in [-0.39, 0.29) is 0 Å². The van der Waals surface area contributed by atoms with Crippen molar-refractivity contribution in [1.82, 2.24) is 0 Å². The van der Waals surface area contributed by atoms with Crippen LogP contribution in [0.25, 0.3) is 0 Å². The van der Waals surface area contributed by atoms with Crippen LogP contribution in [0, 0.1) is 20.8 Å². The van der Waals surface area contributed by atoms with Crippen molar-refractivity contribution >= 4 is 0 Å². The molecule has 0 heterocycles. The minimum absolute atomic E-state index is 0.531. The second kappa shape index (κ2) is 4.72. The maximum Gasteiger partial charge on any atom is 0.104 e. The van der Waals surface area contributed by atoms with Crippen molar-refractivity contribution in [3.05, 3.63) is 70.3 Å². The van der Waals surface area contributed by atoms with E-state index in [9.17, 15) is 5.11 Å². The SMILES string of the molecule is Cc1ccc(C(O)c2ccc(C)cc2C)cc1. The summed E-state index contributed by atoms with van der Waals surface area (Å²) in [6.45, 7) is 6.15. The minimum Gasteiger partial charge on any atom is -0.384 e. The summed E-state index contributed by atoms with van der Waals surface area (Å²) in [6.07, 6.45) is -0.531. The Balaban J connectivity index is 2.36. The van der Waals surface area contributed by atoms with E-state index in [1.807, 2.05) is 50.2 Å². The topological polar surface area (TPSA) is 20.2 Å². The van der Waals surface area contributed by atoms with Crippen LogP contribution in [-0.4, -0.2) is 5.11 Å². The highest BCUT2D eigenvalue weighted by Gasteiger charge is 2.12. The van der Waals surface area contributed by atoms with Gasteiger partial charge in [-0.05, 0) is 37.5 Å². The van der Waals surface area contributed by atoms with Gasteiger partial charge in [0.25, 0.3) is 0 Å². The van der Waals surface area contributed by atoms with Gasteiger partial charge in [-0.25, -0.2) is 0 Å². The fraction of sp³-hybridized carbons (Fsp3) is 0.250. The lowest BCUT2D eigenvalue weighted by Crippen LogP contribution is -2.02. The third kappa shape index (κ3) is 2.56. The average Bonchev–Trinajstić information content (AvgIpc) is 2.29. The van der Waals surface area contributed by atoms with Gasteiger partial charge < -0.3 is 5.11 Å². The van der Waals surface area contributed by atoms with E-state index in [1.54, 1.807) is 0 Å². The van der Waals surface area contributed by atoms with E-state index in [0.717, 1.165) is 16.7 Å². The Morgan fingerprint density at radius 2 is 1.41 bits per heavy atom. The Labute approximate surface area is 103 Å². The summed E-state index contributed by atoms with van der Waals surface area (Å²) in [5.74, 6) is 0. The highest BCUT2D eigenvalue weighted by molar-refractivity contribution is 5.38. The number of aryl methyl sites for hydroxylation is 3. The van der Waals surface area contributed by atoms with Gasteiger partial charge in [0.2, 0.25) is 0 Å². The van der Waals surface area contributed by atoms with Crippen LogP contribution in [0.1, 0.15) is 33.9 Å². The van der Waals surface area contributed by atoms with Crippen LogP contribution in [0.2, 0.25) is 0 Å². The van der Waals surface area contributed by atoms with Crippen molar-refractivity contribution in [2.75, 3.05) is 0 Å². The predicted molar refractivity (Wildman–Crippen MR) is 71.2 cm³/mol. The van der Waals surface area contributed by atoms with Crippen molar-refractivity contribution in [2.24, 2.45) is 0 Å². The lowest BCUT2D eigenvalue weighted by molar-refractivity contribution is 0.219. The molecule has 2 rings (SSSR count). The van der Waals surface area contributed by atoms with E-state index < -0.39 is 6.10 Å². The zero-order valence-corrected chi connectivity index (χ0v) is 10.6. The molecule has 0 bridgehead atoms. The van der Waals surface area contributed by atoms with Crippen molar-refractivity contribution in [2.45, 2.75) is 26.9 Å². The molecule has 1 unspecified atom stereocenters. The summed E-state index contributed by atoms with van der Waals surface area (Å²) in [5.41, 5.74) is 5.50. The quantitative estimate of drug-likeness (QED) is 0.828. The van der Waals surface area contributed by atoms with Crippen LogP contribution in [0.5, 0.6) is 0 Å². The molecule has 1 N–H and O–H groups in total. The molecule has 0 amide bonds. The molecule has 1 heteroatoms. The number of aliphatic hydroxyl groups is 1. The van der Waals surface area contributed by atoms with E-state index >= 15 is 0 Å². The summed E-state index contributed by atoms with van der Waals surface area (Å²) < 4.78 is 0. The molecule has 88 valence electrons. The van der Waals surface area contributed by atoms with Crippen LogP contribution in [0.4, 0.5) is 0 Å². The van der Waals surface area contributed by atoms with Crippen LogP contribution in [0.15, 0.2) is 42.5 Å². The van der Waals surface area contributed by atoms with Gasteiger partial charge in [0.05, 0.1) is 0 Å². The van der Waals surface area contributed by atoms with Gasteiger partial charge in [0, 0.05) is 0 Å². The molecular formula is C16H18O. The third-order valence-corrected chi connectivity index (χ3v) is 3.11. The lowest BCUT2D eigenvalue weighted by atomic mass is 9.96. The van der Waals surface area contributed by atoms with E-state index in [1.165, 1.54) is 11.1 Å². The molecule has 0 radical (unpaired) electrons. The first-order valence-corrected chi connectivity index (χ1v) is 5.89. The fourth-order valence-electron chi connectivity index (χ4n) is 2.06. The number of rotatable bonds is 2. The molecule has 0 aliphatic rings. The Morgan fingerprint density at radius 3 is 2.00 bits per heavy atom. The Kier molecular flexibility index (Phi) is 3.30. The molecular weight excluding hydrogens is 208 g/mol. The first-order chi connectivity index (χ1) is 8.08. The van der Waals surface area contributed by atoms with E-state index in [4.69, 9.17) is 0 Å². The van der Waals surface area contributed by atoms with Gasteiger partial charge in [-0.15, -0.1) is 0 Å². The number of hydrogen-bond acceptors (Lipinski definition) is 1. The third-order valence-electron chi connectivity index (χ3n) is 3.11. The molecule has 17 heavy (non-hydrogen) atoms. The van der Waals surface area contributed by atoms with Gasteiger partial charge in [-0.2, -0.15) is 0 Å². The molecule has 0 aliphatic carbocycles. The van der Waals surface area contributed by atoms with E-state index in [2.05, 4.69) is 13.0 Å². The van der Waals surface area contributed by atoms with Crippen molar-refractivity contribution in [3.63, 3.8) is 0 Å². The summed E-state index contributed by atoms with van der Waals surface area (Å²) in [6, 6.07) is 14.2. The summed E-state index contributed by atoms with van der Waals surface area (Å²) in [5, 5.41) is 10.4. The second-order valence-corrected chi connectivity index (χ2v) is 4.67. The summed E-state index contributed by atoms with van der Waals surface area (Å²) in [7, 11) is 0. The van der Waals surface area contributed by atoms with Crippen LogP contribution >= 0.6 is 0 Å². The molecule has 0 saturated heterocycles. The minimum atomic E-state index is -0.531. The first-order valence-electron chi connectivity index (χ1n) is 5.89. The van der Waals surface area contributed by atoms with E-state index in [0.29, 0.717) is 0 Å². The average molecular weight is 226 g/mol. The van der Waals surface area contributed by atoms with Crippen LogP contribution < -0.4 is 0 Å². The van der Waals surface area contributed by atoms with Gasteiger partial charge in [-0.3, -0.25) is 0 Å². The summed E-state index contributed by atoms with van der Waals surface area (Å²) in [4.78, 5) is 0. The molecule has 1 atom stereocenters. The molecule has 2 aromatic rings. The smallest absolute Gasteiger partial charge is 0.104 e. The zero-order valence-electron chi connectivity index (χ0n) is 10.6. The standard InChI is InChI=1S/C16H18O/c1-11-4-7-14(8-5-11)16(17)15-9-6-12(2)10-13(15)3/h4-10,16-17H,1-3H3. The lowest BCUT2D eigenvalue weighted by Gasteiger charge is -2.15. The zero-order chi connectivity index (χ0) is 12.4. The van der Waals surface area contributed by atoms with Crippen molar-refractivity contribution in [1.29, 1.82) is 0 Å². The Bertz CT molecular complexity index is 512. The number of hydrogen-bond donors (Lipinski definition) is 1. The highest BCUT2D eigenvalue weighted by Crippen LogP contribution is 2.25. The highest BCUT2D eigenvalue weighted by atomic mass is 16.3. The van der Waals surface area contributed by atoms with Gasteiger partial charge >= 0.3 is 0 Å². The summed E-state index contributed by atoms with van der Waals surface area (Å²) >= 11 is 0. The monoisotopic (exact) mass is 226 g/mol. The molecule has 0 saturated carbocycles. The maximum atomic E-state index is 10.4. The molecule has 0 aliphatic heterocycles. The van der Waals surface area contributed by atoms with Crippen LogP contribution in [-0.2, 0) is 0 Å². The molecule has 2 aromatic carbocycles. The first kappa shape index (κ1) is 11.9. The number of aliphatic hydroxyl groups excluding tert-OH is 1. The molecule has 1 nitrogen and oxygen atoms in total. The Hall–Kier alpha value is -1.60. The predicted octanol–water partition coefficient (Wildman–Crippen LogP) is 3.69. The Morgan fingerprint density at radius 1 is 0.824 bits per heavy atom. The maximum absolute atomic E-state index is 10.4. The van der Waals surface area contributed by atoms with Crippen LogP contribution in [0.3, 0.4) is 0 Å².